The fraction of sp³-hybridized carbons (Fsp3) is 0.200. The summed E-state index contributed by atoms with van der Waals surface area (Å²) in [7, 11) is 0. The van der Waals surface area contributed by atoms with Gasteiger partial charge in [-0.15, -0.1) is 11.8 Å². The molecule has 40 valence electrons. The Hall–Kier alpha value is -0.210. The highest BCUT2D eigenvalue weighted by Gasteiger charge is 1.76. The lowest BCUT2D eigenvalue weighted by Crippen LogP contribution is -1.59. The molecule has 1 aliphatic heterocycles. The number of rotatable bonds is 0. The molecule has 1 rings (SSSR count). The maximum atomic E-state index is 2.14. The van der Waals surface area contributed by atoms with Crippen LogP contribution in [0.1, 0.15) is 6.42 Å². The fourth-order valence-corrected chi connectivity index (χ4v) is 0.881. The van der Waals surface area contributed by atoms with Crippen LogP contribution in [0.15, 0.2) is 23.0 Å². The molecule has 2 heteroatoms. The van der Waals surface area contributed by atoms with Crippen molar-refractivity contribution in [2.45, 2.75) is 6.42 Å². The molecule has 0 atom stereocenters. The van der Waals surface area contributed by atoms with Crippen LogP contribution in [-0.2, 0) is 0 Å². The Morgan fingerprint density at radius 3 is 1.86 bits per heavy atom. The molecule has 0 aromatic carbocycles. The molecule has 2 N–H and O–H groups in total. The molecule has 0 radical (unpaired) electrons. The molecule has 0 aromatic rings. The first-order valence-corrected chi connectivity index (χ1v) is 2.90. The summed E-state index contributed by atoms with van der Waals surface area (Å²) in [5.74, 6) is 0. The molecule has 0 aromatic heterocycles. The van der Waals surface area contributed by atoms with E-state index < -0.39 is 0 Å². The monoisotopic (exact) mass is 116 g/mol. The lowest BCUT2D eigenvalue weighted by molar-refractivity contribution is 0.824. The number of thioether (sulfide) groups is 1. The first-order valence-electron chi connectivity index (χ1n) is 1.95. The van der Waals surface area contributed by atoms with Crippen molar-refractivity contribution in [2.24, 2.45) is 0 Å². The van der Waals surface area contributed by atoms with Crippen LogP contribution in [0.25, 0.3) is 0 Å². The highest BCUT2D eigenvalue weighted by molar-refractivity contribution is 8.04. The normalized spacial score (nSPS) is 16.0. The summed E-state index contributed by atoms with van der Waals surface area (Å²) in [6.07, 6.45) is 5.41. The molecule has 0 saturated heterocycles. The predicted octanol–water partition coefficient (Wildman–Crippen LogP) is 1.33. The summed E-state index contributed by atoms with van der Waals surface area (Å²) in [5, 5.41) is 4.19. The van der Waals surface area contributed by atoms with Crippen molar-refractivity contribution in [2.75, 3.05) is 0 Å². The molecular formula is C5H8OS. The molecule has 1 nitrogen and oxygen atoms in total. The highest BCUT2D eigenvalue weighted by atomic mass is 32.2. The maximum absolute atomic E-state index is 2.14. The van der Waals surface area contributed by atoms with Gasteiger partial charge in [0.2, 0.25) is 0 Å². The van der Waals surface area contributed by atoms with E-state index in [0.29, 0.717) is 0 Å². The van der Waals surface area contributed by atoms with Crippen LogP contribution in [-0.4, -0.2) is 5.48 Å². The summed E-state index contributed by atoms with van der Waals surface area (Å²) in [5.41, 5.74) is 0. The van der Waals surface area contributed by atoms with E-state index in [0.717, 1.165) is 6.42 Å². The van der Waals surface area contributed by atoms with Crippen molar-refractivity contribution in [3.63, 3.8) is 0 Å². The second-order valence-electron chi connectivity index (χ2n) is 1.12. The quantitative estimate of drug-likeness (QED) is 0.469. The van der Waals surface area contributed by atoms with Crippen molar-refractivity contribution in [1.29, 1.82) is 0 Å². The molecule has 0 fully saturated rings. The minimum Gasteiger partial charge on any atom is -0.412 e. The molecule has 1 aliphatic rings. The van der Waals surface area contributed by atoms with E-state index in [1.165, 1.54) is 0 Å². The van der Waals surface area contributed by atoms with Gasteiger partial charge in [0.1, 0.15) is 0 Å². The minimum atomic E-state index is 0. The van der Waals surface area contributed by atoms with E-state index in [-0.39, 0.29) is 5.48 Å². The van der Waals surface area contributed by atoms with Crippen molar-refractivity contribution >= 4 is 11.8 Å². The fourth-order valence-electron chi connectivity index (χ4n) is 0.346. The summed E-state index contributed by atoms with van der Waals surface area (Å²) in [6, 6.07) is 0. The Bertz CT molecular complexity index is 66.1. The van der Waals surface area contributed by atoms with E-state index in [1.807, 2.05) is 0 Å². The molecule has 0 spiro atoms. The first-order chi connectivity index (χ1) is 3.00. The average molecular weight is 116 g/mol. The second kappa shape index (κ2) is 3.96. The van der Waals surface area contributed by atoms with Gasteiger partial charge >= 0.3 is 0 Å². The van der Waals surface area contributed by atoms with Crippen LogP contribution in [0, 0.1) is 0 Å². The standard InChI is InChI=1S/C5H6S.H2O/c1-2-4-6-5-3-1;/h2-5H,1H2;1H2. The van der Waals surface area contributed by atoms with Gasteiger partial charge in [-0.25, -0.2) is 0 Å². The van der Waals surface area contributed by atoms with Crippen LogP contribution in [0.3, 0.4) is 0 Å². The Morgan fingerprint density at radius 1 is 1.14 bits per heavy atom. The Morgan fingerprint density at radius 2 is 1.71 bits per heavy atom. The van der Waals surface area contributed by atoms with Gasteiger partial charge in [0, 0.05) is 0 Å². The Kier molecular flexibility index (Phi) is 3.84. The van der Waals surface area contributed by atoms with Crippen LogP contribution < -0.4 is 0 Å². The Labute approximate surface area is 47.4 Å². The Balaban J connectivity index is 0.000000360. The first kappa shape index (κ1) is 6.79. The molecule has 0 amide bonds. The van der Waals surface area contributed by atoms with Gasteiger partial charge in [0.25, 0.3) is 0 Å². The molecule has 0 saturated carbocycles. The van der Waals surface area contributed by atoms with E-state index in [4.69, 9.17) is 0 Å². The summed E-state index contributed by atoms with van der Waals surface area (Å²) < 4.78 is 0. The molecule has 0 bridgehead atoms. The van der Waals surface area contributed by atoms with Crippen molar-refractivity contribution in [3.05, 3.63) is 23.0 Å². The predicted molar refractivity (Wildman–Crippen MR) is 34.1 cm³/mol. The van der Waals surface area contributed by atoms with Crippen LogP contribution in [0.2, 0.25) is 0 Å². The van der Waals surface area contributed by atoms with Gasteiger partial charge < -0.3 is 5.48 Å². The van der Waals surface area contributed by atoms with Gasteiger partial charge in [0.05, 0.1) is 0 Å². The van der Waals surface area contributed by atoms with E-state index in [1.54, 1.807) is 11.8 Å². The number of hydrogen-bond acceptors (Lipinski definition) is 1. The van der Waals surface area contributed by atoms with E-state index in [9.17, 15) is 0 Å². The molecular weight excluding hydrogens is 108 g/mol. The third kappa shape index (κ3) is 2.48. The SMILES string of the molecule is C1=CSC=CC1.O. The topological polar surface area (TPSA) is 31.5 Å². The van der Waals surface area contributed by atoms with Crippen molar-refractivity contribution in [3.8, 4) is 0 Å². The number of allylic oxidation sites excluding steroid dienone is 2. The highest BCUT2D eigenvalue weighted by Crippen LogP contribution is 2.09. The van der Waals surface area contributed by atoms with E-state index >= 15 is 0 Å². The van der Waals surface area contributed by atoms with Crippen LogP contribution in [0.4, 0.5) is 0 Å². The number of hydrogen-bond donors (Lipinski definition) is 0. The van der Waals surface area contributed by atoms with Gasteiger partial charge in [-0.3, -0.25) is 0 Å². The van der Waals surface area contributed by atoms with Gasteiger partial charge in [-0.1, -0.05) is 12.2 Å². The zero-order valence-corrected chi connectivity index (χ0v) is 4.74. The summed E-state index contributed by atoms with van der Waals surface area (Å²) in [4.78, 5) is 0. The van der Waals surface area contributed by atoms with Gasteiger partial charge in [-0.2, -0.15) is 0 Å². The van der Waals surface area contributed by atoms with E-state index in [2.05, 4.69) is 23.0 Å². The third-order valence-electron chi connectivity index (χ3n) is 0.622. The maximum Gasteiger partial charge on any atom is -0.0153 e. The van der Waals surface area contributed by atoms with Crippen LogP contribution in [0.5, 0.6) is 0 Å². The molecule has 0 unspecified atom stereocenters. The van der Waals surface area contributed by atoms with Crippen LogP contribution >= 0.6 is 11.8 Å². The minimum absolute atomic E-state index is 0. The average Bonchev–Trinajstić information content (AvgIpc) is 1.72. The molecule has 0 aliphatic carbocycles. The lowest BCUT2D eigenvalue weighted by Gasteiger charge is -1.87. The van der Waals surface area contributed by atoms with Crippen molar-refractivity contribution in [1.82, 2.24) is 0 Å². The summed E-state index contributed by atoms with van der Waals surface area (Å²) >= 11 is 1.73. The molecule has 1 heterocycles. The zero-order valence-electron chi connectivity index (χ0n) is 3.92. The van der Waals surface area contributed by atoms with Crippen molar-refractivity contribution < 1.29 is 5.48 Å². The third-order valence-corrected chi connectivity index (χ3v) is 1.32. The van der Waals surface area contributed by atoms with Gasteiger partial charge in [-0.05, 0) is 17.2 Å². The molecule has 7 heavy (non-hydrogen) atoms. The smallest absolute Gasteiger partial charge is 0.0153 e. The van der Waals surface area contributed by atoms with Gasteiger partial charge in [0.15, 0.2) is 0 Å². The zero-order chi connectivity index (χ0) is 4.24. The second-order valence-corrected chi connectivity index (χ2v) is 1.93. The lowest BCUT2D eigenvalue weighted by atomic mass is 10.4. The summed E-state index contributed by atoms with van der Waals surface area (Å²) in [6.45, 7) is 0. The largest absolute Gasteiger partial charge is 0.412 e.